The normalized spacial score (nSPS) is 10.2. The van der Waals surface area contributed by atoms with Gasteiger partial charge in [-0.2, -0.15) is 0 Å². The van der Waals surface area contributed by atoms with E-state index < -0.39 is 5.82 Å². The maximum atomic E-state index is 13.8. The van der Waals surface area contributed by atoms with E-state index in [-0.39, 0.29) is 11.4 Å². The third-order valence-corrected chi connectivity index (χ3v) is 2.93. The number of halogens is 1. The van der Waals surface area contributed by atoms with Crippen molar-refractivity contribution in [2.75, 3.05) is 11.9 Å². The summed E-state index contributed by atoms with van der Waals surface area (Å²) in [6.45, 7) is 0.630. The smallest absolute Gasteiger partial charge is 0.136 e. The van der Waals surface area contributed by atoms with Crippen molar-refractivity contribution in [2.45, 2.75) is 6.54 Å². The molecule has 2 aromatic rings. The molecule has 0 spiro atoms. The molecule has 4 heteroatoms. The van der Waals surface area contributed by atoms with Gasteiger partial charge in [0.2, 0.25) is 0 Å². The minimum atomic E-state index is -0.468. The van der Waals surface area contributed by atoms with E-state index in [0.717, 1.165) is 5.56 Å². The standard InChI is InChI=1S/C15H16FN3/c1-19(10-11-6-3-2-4-7-11)13-9-5-8-12(16)14(13)15(17)18/h2-9H,10H2,1H3,(H3,17,18). The van der Waals surface area contributed by atoms with Crippen LogP contribution in [0.1, 0.15) is 11.1 Å². The van der Waals surface area contributed by atoms with Crippen LogP contribution < -0.4 is 10.6 Å². The lowest BCUT2D eigenvalue weighted by Crippen LogP contribution is -2.23. The summed E-state index contributed by atoms with van der Waals surface area (Å²) >= 11 is 0. The Morgan fingerprint density at radius 3 is 2.47 bits per heavy atom. The Hall–Kier alpha value is -2.36. The Kier molecular flexibility index (Phi) is 3.80. The number of nitrogens with zero attached hydrogens (tertiary/aromatic N) is 1. The second-order valence-corrected chi connectivity index (χ2v) is 4.39. The van der Waals surface area contributed by atoms with Gasteiger partial charge in [-0.15, -0.1) is 0 Å². The van der Waals surface area contributed by atoms with E-state index in [1.807, 2.05) is 42.3 Å². The number of anilines is 1. The molecule has 0 bridgehead atoms. The van der Waals surface area contributed by atoms with Crippen LogP contribution in [0.4, 0.5) is 10.1 Å². The van der Waals surface area contributed by atoms with Gasteiger partial charge in [0.15, 0.2) is 0 Å². The third-order valence-electron chi connectivity index (χ3n) is 2.93. The molecule has 0 amide bonds. The number of rotatable bonds is 4. The Morgan fingerprint density at radius 2 is 1.84 bits per heavy atom. The molecule has 0 saturated heterocycles. The molecule has 0 saturated carbocycles. The molecule has 0 heterocycles. The fraction of sp³-hybridized carbons (Fsp3) is 0.133. The van der Waals surface area contributed by atoms with Crippen LogP contribution in [-0.4, -0.2) is 12.9 Å². The van der Waals surface area contributed by atoms with Gasteiger partial charge in [-0.3, -0.25) is 5.41 Å². The molecule has 2 aromatic carbocycles. The highest BCUT2D eigenvalue weighted by Crippen LogP contribution is 2.23. The lowest BCUT2D eigenvalue weighted by molar-refractivity contribution is 0.624. The average Bonchev–Trinajstić information content (AvgIpc) is 2.39. The molecule has 19 heavy (non-hydrogen) atoms. The van der Waals surface area contributed by atoms with Gasteiger partial charge in [-0.05, 0) is 17.7 Å². The first-order chi connectivity index (χ1) is 9.09. The number of hydrogen-bond acceptors (Lipinski definition) is 2. The van der Waals surface area contributed by atoms with Crippen LogP contribution in [0, 0.1) is 11.2 Å². The summed E-state index contributed by atoms with van der Waals surface area (Å²) in [6, 6.07) is 14.6. The van der Waals surface area contributed by atoms with E-state index in [2.05, 4.69) is 0 Å². The number of nitrogens with two attached hydrogens (primary N) is 1. The molecule has 98 valence electrons. The highest BCUT2D eigenvalue weighted by Gasteiger charge is 2.14. The van der Waals surface area contributed by atoms with Gasteiger partial charge in [-0.1, -0.05) is 36.4 Å². The van der Waals surface area contributed by atoms with Gasteiger partial charge in [0.25, 0.3) is 0 Å². The quantitative estimate of drug-likeness (QED) is 0.653. The summed E-state index contributed by atoms with van der Waals surface area (Å²) in [5.74, 6) is -0.724. The molecule has 0 atom stereocenters. The van der Waals surface area contributed by atoms with E-state index in [9.17, 15) is 4.39 Å². The van der Waals surface area contributed by atoms with Crippen LogP contribution in [0.5, 0.6) is 0 Å². The summed E-state index contributed by atoms with van der Waals surface area (Å²) in [5.41, 5.74) is 7.35. The van der Waals surface area contributed by atoms with E-state index in [4.69, 9.17) is 11.1 Å². The van der Waals surface area contributed by atoms with Crippen LogP contribution in [0.2, 0.25) is 0 Å². The minimum absolute atomic E-state index is 0.154. The van der Waals surface area contributed by atoms with Crippen molar-refractivity contribution in [3.05, 3.63) is 65.5 Å². The van der Waals surface area contributed by atoms with Crippen molar-refractivity contribution in [3.8, 4) is 0 Å². The highest BCUT2D eigenvalue weighted by molar-refractivity contribution is 6.00. The second kappa shape index (κ2) is 5.52. The molecule has 0 aromatic heterocycles. The number of nitrogen functional groups attached to an aromatic ring is 1. The van der Waals surface area contributed by atoms with Gasteiger partial charge in [0.1, 0.15) is 11.7 Å². The fourth-order valence-electron chi connectivity index (χ4n) is 2.04. The SMILES string of the molecule is CN(Cc1ccccc1)c1cccc(F)c1C(=N)N. The number of benzene rings is 2. The minimum Gasteiger partial charge on any atom is -0.384 e. The molecular weight excluding hydrogens is 241 g/mol. The van der Waals surface area contributed by atoms with Crippen molar-refractivity contribution in [1.29, 1.82) is 5.41 Å². The molecule has 0 aliphatic carbocycles. The zero-order valence-electron chi connectivity index (χ0n) is 10.7. The predicted molar refractivity (Wildman–Crippen MR) is 76.0 cm³/mol. The first kappa shape index (κ1) is 13.1. The van der Waals surface area contributed by atoms with E-state index in [1.165, 1.54) is 6.07 Å². The van der Waals surface area contributed by atoms with Crippen LogP contribution in [0.3, 0.4) is 0 Å². The molecule has 0 radical (unpaired) electrons. The molecule has 0 aliphatic rings. The summed E-state index contributed by atoms with van der Waals surface area (Å²) in [5, 5.41) is 7.50. The largest absolute Gasteiger partial charge is 0.384 e. The summed E-state index contributed by atoms with van der Waals surface area (Å²) < 4.78 is 13.8. The van der Waals surface area contributed by atoms with E-state index in [1.54, 1.807) is 12.1 Å². The average molecular weight is 257 g/mol. The monoisotopic (exact) mass is 257 g/mol. The molecule has 0 aliphatic heterocycles. The zero-order chi connectivity index (χ0) is 13.8. The summed E-state index contributed by atoms with van der Waals surface area (Å²) in [7, 11) is 1.86. The Balaban J connectivity index is 2.31. The number of amidine groups is 1. The number of hydrogen-bond donors (Lipinski definition) is 2. The predicted octanol–water partition coefficient (Wildman–Crippen LogP) is 2.75. The van der Waals surface area contributed by atoms with Gasteiger partial charge >= 0.3 is 0 Å². The van der Waals surface area contributed by atoms with Crippen LogP contribution >= 0.6 is 0 Å². The van der Waals surface area contributed by atoms with Crippen molar-refractivity contribution in [2.24, 2.45) is 5.73 Å². The highest BCUT2D eigenvalue weighted by atomic mass is 19.1. The number of nitrogens with one attached hydrogen (secondary N) is 1. The van der Waals surface area contributed by atoms with Crippen molar-refractivity contribution in [3.63, 3.8) is 0 Å². The lowest BCUT2D eigenvalue weighted by Gasteiger charge is -2.22. The summed E-state index contributed by atoms with van der Waals surface area (Å²) in [6.07, 6.45) is 0. The molecular formula is C15H16FN3. The van der Waals surface area contributed by atoms with Crippen molar-refractivity contribution in [1.82, 2.24) is 0 Å². The van der Waals surface area contributed by atoms with Crippen LogP contribution in [0.25, 0.3) is 0 Å². The lowest BCUT2D eigenvalue weighted by atomic mass is 10.1. The van der Waals surface area contributed by atoms with Gasteiger partial charge < -0.3 is 10.6 Å². The maximum Gasteiger partial charge on any atom is 0.136 e. The molecule has 2 rings (SSSR count). The van der Waals surface area contributed by atoms with Crippen LogP contribution in [-0.2, 0) is 6.54 Å². The Morgan fingerprint density at radius 1 is 1.16 bits per heavy atom. The fourth-order valence-corrected chi connectivity index (χ4v) is 2.04. The van der Waals surface area contributed by atoms with Crippen LogP contribution in [0.15, 0.2) is 48.5 Å². The first-order valence-electron chi connectivity index (χ1n) is 5.97. The van der Waals surface area contributed by atoms with E-state index in [0.29, 0.717) is 12.2 Å². The zero-order valence-corrected chi connectivity index (χ0v) is 10.7. The molecule has 0 fully saturated rings. The van der Waals surface area contributed by atoms with Gasteiger partial charge in [0, 0.05) is 13.6 Å². The first-order valence-corrected chi connectivity index (χ1v) is 5.97. The maximum absolute atomic E-state index is 13.8. The summed E-state index contributed by atoms with van der Waals surface area (Å²) in [4.78, 5) is 1.88. The molecule has 3 N–H and O–H groups in total. The second-order valence-electron chi connectivity index (χ2n) is 4.39. The van der Waals surface area contributed by atoms with E-state index >= 15 is 0 Å². The van der Waals surface area contributed by atoms with Gasteiger partial charge in [0.05, 0.1) is 11.3 Å². The molecule has 3 nitrogen and oxygen atoms in total. The van der Waals surface area contributed by atoms with Crippen molar-refractivity contribution < 1.29 is 4.39 Å². The Labute approximate surface area is 112 Å². The van der Waals surface area contributed by atoms with Gasteiger partial charge in [-0.25, -0.2) is 4.39 Å². The van der Waals surface area contributed by atoms with Crippen molar-refractivity contribution >= 4 is 11.5 Å². The molecule has 0 unspecified atom stereocenters. The Bertz CT molecular complexity index is 581. The topological polar surface area (TPSA) is 53.1 Å². The third kappa shape index (κ3) is 2.91.